The van der Waals surface area contributed by atoms with E-state index in [-0.39, 0.29) is 30.1 Å². The number of thiophene rings is 1. The van der Waals surface area contributed by atoms with Gasteiger partial charge in [0.25, 0.3) is 5.91 Å². The van der Waals surface area contributed by atoms with Gasteiger partial charge in [-0.1, -0.05) is 33.6 Å². The first-order valence-corrected chi connectivity index (χ1v) is 11.8. The SMILES string of the molecule is O=C(COc1ccc(Br)cc1Cl)N(Cc1cccs1)C1CCS(=O)(=O)C1. The van der Waals surface area contributed by atoms with Gasteiger partial charge in [0.15, 0.2) is 16.4 Å². The van der Waals surface area contributed by atoms with Crippen molar-refractivity contribution in [2.75, 3.05) is 18.1 Å². The van der Waals surface area contributed by atoms with Gasteiger partial charge in [-0.2, -0.15) is 0 Å². The van der Waals surface area contributed by atoms with Gasteiger partial charge in [0.2, 0.25) is 0 Å². The summed E-state index contributed by atoms with van der Waals surface area (Å²) < 4.78 is 30.1. The number of ether oxygens (including phenoxy) is 1. The zero-order valence-electron chi connectivity index (χ0n) is 13.7. The molecular weight excluding hydrogens is 462 g/mol. The van der Waals surface area contributed by atoms with Crippen molar-refractivity contribution >= 4 is 54.6 Å². The molecular formula is C17H17BrClNO4S2. The number of sulfone groups is 1. The summed E-state index contributed by atoms with van der Waals surface area (Å²) in [6, 6.07) is 8.67. The summed E-state index contributed by atoms with van der Waals surface area (Å²) in [5, 5.41) is 2.34. The topological polar surface area (TPSA) is 63.7 Å². The molecule has 1 unspecified atom stereocenters. The number of halogens is 2. The maximum Gasteiger partial charge on any atom is 0.261 e. The molecule has 0 bridgehead atoms. The predicted molar refractivity (Wildman–Crippen MR) is 107 cm³/mol. The highest BCUT2D eigenvalue weighted by atomic mass is 79.9. The fourth-order valence-corrected chi connectivity index (χ4v) is 5.99. The maximum absolute atomic E-state index is 12.8. The summed E-state index contributed by atoms with van der Waals surface area (Å²) in [6.45, 7) is 0.192. The van der Waals surface area contributed by atoms with Crippen molar-refractivity contribution in [3.05, 3.63) is 50.1 Å². The molecule has 1 aromatic carbocycles. The average molecular weight is 479 g/mol. The van der Waals surface area contributed by atoms with Crippen molar-refractivity contribution in [3.63, 3.8) is 0 Å². The highest BCUT2D eigenvalue weighted by molar-refractivity contribution is 9.10. The highest BCUT2D eigenvalue weighted by Crippen LogP contribution is 2.28. The van der Waals surface area contributed by atoms with Crippen LogP contribution in [0.25, 0.3) is 0 Å². The monoisotopic (exact) mass is 477 g/mol. The number of amides is 1. The first kappa shape index (κ1) is 19.7. The predicted octanol–water partition coefficient (Wildman–Crippen LogP) is 3.76. The van der Waals surface area contributed by atoms with Gasteiger partial charge in [-0.3, -0.25) is 4.79 Å². The maximum atomic E-state index is 12.8. The summed E-state index contributed by atoms with van der Waals surface area (Å²) in [7, 11) is -3.09. The van der Waals surface area contributed by atoms with E-state index in [9.17, 15) is 13.2 Å². The Morgan fingerprint density at radius 3 is 2.81 bits per heavy atom. The minimum atomic E-state index is -3.09. The fraction of sp³-hybridized carbons (Fsp3) is 0.353. The Morgan fingerprint density at radius 2 is 2.19 bits per heavy atom. The summed E-state index contributed by atoms with van der Waals surface area (Å²) in [5.74, 6) is 0.284. The van der Waals surface area contributed by atoms with Gasteiger partial charge in [0.05, 0.1) is 23.1 Å². The molecule has 9 heteroatoms. The molecule has 1 saturated heterocycles. The minimum Gasteiger partial charge on any atom is -0.482 e. The Labute approximate surface area is 170 Å². The molecule has 0 N–H and O–H groups in total. The molecule has 1 aliphatic rings. The third kappa shape index (κ3) is 5.00. The van der Waals surface area contributed by atoms with Crippen LogP contribution in [0, 0.1) is 0 Å². The Hall–Kier alpha value is -1.09. The molecule has 1 aromatic heterocycles. The summed E-state index contributed by atoms with van der Waals surface area (Å²) in [5.41, 5.74) is 0. The lowest BCUT2D eigenvalue weighted by atomic mass is 10.2. The molecule has 1 aliphatic heterocycles. The van der Waals surface area contributed by atoms with E-state index in [4.69, 9.17) is 16.3 Å². The molecule has 0 radical (unpaired) electrons. The van der Waals surface area contributed by atoms with E-state index in [0.29, 0.717) is 23.7 Å². The molecule has 3 rings (SSSR count). The standard InChI is InChI=1S/C17H17BrClNO4S2/c18-12-3-4-16(15(19)8-12)24-10-17(21)20(9-14-2-1-6-25-14)13-5-7-26(22,23)11-13/h1-4,6,8,13H,5,7,9-11H2. The molecule has 1 amide bonds. The highest BCUT2D eigenvalue weighted by Gasteiger charge is 2.35. The molecule has 140 valence electrons. The van der Waals surface area contributed by atoms with Crippen molar-refractivity contribution in [2.45, 2.75) is 19.0 Å². The van der Waals surface area contributed by atoms with Gasteiger partial charge in [-0.15, -0.1) is 11.3 Å². The van der Waals surface area contributed by atoms with Crippen molar-refractivity contribution in [2.24, 2.45) is 0 Å². The van der Waals surface area contributed by atoms with Crippen molar-refractivity contribution in [3.8, 4) is 5.75 Å². The molecule has 2 heterocycles. The molecule has 0 aliphatic carbocycles. The summed E-state index contributed by atoms with van der Waals surface area (Å²) in [6.07, 6.45) is 0.457. The molecule has 0 saturated carbocycles. The lowest BCUT2D eigenvalue weighted by molar-refractivity contribution is -0.135. The smallest absolute Gasteiger partial charge is 0.261 e. The minimum absolute atomic E-state index is 0.00313. The van der Waals surface area contributed by atoms with Gasteiger partial charge >= 0.3 is 0 Å². The zero-order valence-corrected chi connectivity index (χ0v) is 17.7. The summed E-state index contributed by atoms with van der Waals surface area (Å²) >= 11 is 11.0. The van der Waals surface area contributed by atoms with E-state index in [1.165, 1.54) is 11.3 Å². The van der Waals surface area contributed by atoms with Crippen LogP contribution in [0.1, 0.15) is 11.3 Å². The first-order chi connectivity index (χ1) is 12.3. The largest absolute Gasteiger partial charge is 0.482 e. The second kappa shape index (κ2) is 8.29. The normalized spacial score (nSPS) is 18.6. The number of hydrogen-bond donors (Lipinski definition) is 0. The van der Waals surface area contributed by atoms with Crippen LogP contribution in [-0.4, -0.2) is 43.4 Å². The molecule has 1 atom stereocenters. The van der Waals surface area contributed by atoms with Crippen LogP contribution in [0.5, 0.6) is 5.75 Å². The van der Waals surface area contributed by atoms with E-state index >= 15 is 0 Å². The average Bonchev–Trinajstić information content (AvgIpc) is 3.20. The van der Waals surface area contributed by atoms with Gasteiger partial charge < -0.3 is 9.64 Å². The van der Waals surface area contributed by atoms with E-state index in [1.54, 1.807) is 23.1 Å². The first-order valence-electron chi connectivity index (χ1n) is 7.94. The lowest BCUT2D eigenvalue weighted by Crippen LogP contribution is -2.42. The number of carbonyl (C=O) groups is 1. The fourth-order valence-electron chi connectivity index (χ4n) is 2.83. The van der Waals surface area contributed by atoms with Gasteiger partial charge in [0.1, 0.15) is 5.75 Å². The van der Waals surface area contributed by atoms with Crippen LogP contribution in [0.3, 0.4) is 0 Å². The van der Waals surface area contributed by atoms with Crippen LogP contribution in [0.2, 0.25) is 5.02 Å². The third-order valence-corrected chi connectivity index (χ3v) is 7.52. The molecule has 1 fully saturated rings. The van der Waals surface area contributed by atoms with Gasteiger partial charge in [-0.25, -0.2) is 8.42 Å². The van der Waals surface area contributed by atoms with Crippen molar-refractivity contribution in [1.82, 2.24) is 4.90 Å². The van der Waals surface area contributed by atoms with Crippen molar-refractivity contribution in [1.29, 1.82) is 0 Å². The molecule has 26 heavy (non-hydrogen) atoms. The van der Waals surface area contributed by atoms with Crippen LogP contribution in [0.15, 0.2) is 40.2 Å². The molecule has 2 aromatic rings. The zero-order chi connectivity index (χ0) is 18.7. The van der Waals surface area contributed by atoms with Crippen molar-refractivity contribution < 1.29 is 17.9 Å². The Bertz CT molecular complexity index is 886. The Balaban J connectivity index is 1.71. The van der Waals surface area contributed by atoms with E-state index in [0.717, 1.165) is 9.35 Å². The van der Waals surface area contributed by atoms with Gasteiger partial charge in [-0.05, 0) is 36.1 Å². The summed E-state index contributed by atoms with van der Waals surface area (Å²) in [4.78, 5) is 15.4. The van der Waals surface area contributed by atoms with Crippen LogP contribution in [-0.2, 0) is 21.2 Å². The third-order valence-electron chi connectivity index (χ3n) is 4.12. The number of nitrogens with zero attached hydrogens (tertiary/aromatic N) is 1. The van der Waals surface area contributed by atoms with E-state index < -0.39 is 9.84 Å². The number of hydrogen-bond acceptors (Lipinski definition) is 5. The quantitative estimate of drug-likeness (QED) is 0.634. The van der Waals surface area contributed by atoms with E-state index in [1.807, 2.05) is 17.5 Å². The Morgan fingerprint density at radius 1 is 1.38 bits per heavy atom. The van der Waals surface area contributed by atoms with Crippen LogP contribution < -0.4 is 4.74 Å². The van der Waals surface area contributed by atoms with E-state index in [2.05, 4.69) is 15.9 Å². The second-order valence-electron chi connectivity index (χ2n) is 6.02. The number of rotatable bonds is 6. The van der Waals surface area contributed by atoms with Crippen LogP contribution >= 0.6 is 38.9 Å². The van der Waals surface area contributed by atoms with Crippen LogP contribution in [0.4, 0.5) is 0 Å². The number of benzene rings is 1. The number of carbonyl (C=O) groups excluding carboxylic acids is 1. The molecule has 5 nitrogen and oxygen atoms in total. The second-order valence-corrected chi connectivity index (χ2v) is 10.6. The lowest BCUT2D eigenvalue weighted by Gasteiger charge is -2.28. The molecule has 0 spiro atoms. The Kier molecular flexibility index (Phi) is 6.27. The van der Waals surface area contributed by atoms with Gasteiger partial charge in [0, 0.05) is 15.4 Å².